The number of nitrogens with zero attached hydrogens (tertiary/aromatic N) is 1. The van der Waals surface area contributed by atoms with Crippen LogP contribution in [0.2, 0.25) is 0 Å². The van der Waals surface area contributed by atoms with E-state index in [1.807, 2.05) is 12.1 Å². The van der Waals surface area contributed by atoms with Gasteiger partial charge >= 0.3 is 0 Å². The first kappa shape index (κ1) is 23.8. The monoisotopic (exact) mass is 438 g/mol. The Balaban J connectivity index is 1.48. The van der Waals surface area contributed by atoms with Crippen LogP contribution in [0.1, 0.15) is 42.6 Å². The fourth-order valence-electron chi connectivity index (χ4n) is 4.18. The Morgan fingerprint density at radius 3 is 2.25 bits per heavy atom. The third-order valence-electron chi connectivity index (χ3n) is 5.88. The van der Waals surface area contributed by atoms with Crippen molar-refractivity contribution in [3.8, 4) is 11.5 Å². The zero-order valence-corrected chi connectivity index (χ0v) is 19.5. The molecule has 0 atom stereocenters. The first-order valence-electron chi connectivity index (χ1n) is 11.3. The van der Waals surface area contributed by atoms with E-state index < -0.39 is 0 Å². The minimum Gasteiger partial charge on any atom is -0.493 e. The number of hydrogen-bond donors (Lipinski definition) is 1. The van der Waals surface area contributed by atoms with E-state index in [2.05, 4.69) is 36.2 Å². The zero-order chi connectivity index (χ0) is 23.1. The van der Waals surface area contributed by atoms with Gasteiger partial charge in [-0.2, -0.15) is 0 Å². The Labute approximate surface area is 190 Å². The van der Waals surface area contributed by atoms with Crippen LogP contribution >= 0.6 is 0 Å². The summed E-state index contributed by atoms with van der Waals surface area (Å²) >= 11 is 0. The van der Waals surface area contributed by atoms with Gasteiger partial charge in [0.25, 0.3) is 0 Å². The number of rotatable bonds is 9. The van der Waals surface area contributed by atoms with Crippen molar-refractivity contribution >= 4 is 17.4 Å². The van der Waals surface area contributed by atoms with E-state index in [0.29, 0.717) is 29.6 Å². The maximum absolute atomic E-state index is 12.9. The molecule has 6 heteroatoms. The molecule has 1 aliphatic rings. The molecule has 1 aliphatic heterocycles. The largest absolute Gasteiger partial charge is 0.493 e. The van der Waals surface area contributed by atoms with Crippen LogP contribution in [0.4, 0.5) is 5.69 Å². The second kappa shape index (κ2) is 11.1. The topological polar surface area (TPSA) is 67.9 Å². The van der Waals surface area contributed by atoms with Crippen LogP contribution in [0.5, 0.6) is 11.5 Å². The molecule has 1 heterocycles. The maximum Gasteiger partial charge on any atom is 0.238 e. The first-order valence-corrected chi connectivity index (χ1v) is 11.3. The van der Waals surface area contributed by atoms with Crippen molar-refractivity contribution in [3.63, 3.8) is 0 Å². The summed E-state index contributed by atoms with van der Waals surface area (Å²) < 4.78 is 10.5. The van der Waals surface area contributed by atoms with E-state index in [0.717, 1.165) is 37.9 Å². The molecular weight excluding hydrogens is 404 g/mol. The predicted octanol–water partition coefficient (Wildman–Crippen LogP) is 4.44. The fourth-order valence-corrected chi connectivity index (χ4v) is 4.18. The van der Waals surface area contributed by atoms with E-state index in [1.165, 1.54) is 5.56 Å². The molecule has 32 heavy (non-hydrogen) atoms. The number of amides is 1. The molecule has 0 radical (unpaired) electrons. The quantitative estimate of drug-likeness (QED) is 0.587. The number of methoxy groups -OCH3 is 2. The number of benzene rings is 2. The number of ketones is 1. The van der Waals surface area contributed by atoms with Gasteiger partial charge in [0.2, 0.25) is 5.91 Å². The first-order chi connectivity index (χ1) is 15.4. The Morgan fingerprint density at radius 1 is 1.00 bits per heavy atom. The summed E-state index contributed by atoms with van der Waals surface area (Å²) in [6.07, 6.45) is 2.57. The number of likely N-dealkylation sites (tertiary alicyclic amines) is 1. The highest BCUT2D eigenvalue weighted by molar-refractivity contribution is 5.98. The van der Waals surface area contributed by atoms with Crippen LogP contribution in [0.15, 0.2) is 42.5 Å². The van der Waals surface area contributed by atoms with Crippen molar-refractivity contribution in [1.29, 1.82) is 0 Å². The van der Waals surface area contributed by atoms with E-state index in [1.54, 1.807) is 32.4 Å². The Hall–Kier alpha value is -2.86. The summed E-state index contributed by atoms with van der Waals surface area (Å²) in [4.78, 5) is 27.5. The van der Waals surface area contributed by atoms with Crippen molar-refractivity contribution in [2.45, 2.75) is 33.1 Å². The highest BCUT2D eigenvalue weighted by Gasteiger charge is 2.26. The number of hydrogen-bond acceptors (Lipinski definition) is 5. The lowest BCUT2D eigenvalue weighted by Gasteiger charge is -2.30. The average molecular weight is 439 g/mol. The van der Waals surface area contributed by atoms with Crippen molar-refractivity contribution in [2.24, 2.45) is 11.8 Å². The lowest BCUT2D eigenvalue weighted by molar-refractivity contribution is -0.117. The highest BCUT2D eigenvalue weighted by atomic mass is 16.5. The number of anilines is 1. The zero-order valence-electron chi connectivity index (χ0n) is 19.5. The standard InChI is InChI=1S/C26H34N2O4/c1-18(2)15-19-5-7-20(8-6-19)26(30)21-11-13-28(14-12-21)17-25(29)27-22-9-10-23(31-3)24(16-22)32-4/h5-10,16,18,21H,11-15,17H2,1-4H3,(H,27,29). The molecule has 0 saturated carbocycles. The van der Waals surface area contributed by atoms with Crippen molar-refractivity contribution in [2.75, 3.05) is 39.2 Å². The molecule has 0 aromatic heterocycles. The number of ether oxygens (including phenoxy) is 2. The molecule has 2 aromatic rings. The molecule has 0 unspecified atom stereocenters. The molecule has 0 aliphatic carbocycles. The number of carbonyl (C=O) groups is 2. The van der Waals surface area contributed by atoms with Gasteiger partial charge in [0, 0.05) is 23.2 Å². The fraction of sp³-hybridized carbons (Fsp3) is 0.462. The van der Waals surface area contributed by atoms with E-state index in [-0.39, 0.29) is 17.6 Å². The van der Waals surface area contributed by atoms with Crippen LogP contribution in [0.3, 0.4) is 0 Å². The summed E-state index contributed by atoms with van der Waals surface area (Å²) in [5.41, 5.74) is 2.73. The maximum atomic E-state index is 12.9. The summed E-state index contributed by atoms with van der Waals surface area (Å²) in [7, 11) is 3.14. The van der Waals surface area contributed by atoms with E-state index in [9.17, 15) is 9.59 Å². The van der Waals surface area contributed by atoms with Crippen LogP contribution in [-0.4, -0.2) is 50.4 Å². The number of nitrogens with one attached hydrogen (secondary N) is 1. The molecule has 6 nitrogen and oxygen atoms in total. The molecule has 0 spiro atoms. The minimum absolute atomic E-state index is 0.0242. The second-order valence-corrected chi connectivity index (χ2v) is 8.83. The summed E-state index contributed by atoms with van der Waals surface area (Å²) in [5, 5.41) is 2.91. The van der Waals surface area contributed by atoms with Gasteiger partial charge in [-0.25, -0.2) is 0 Å². The van der Waals surface area contributed by atoms with Crippen LogP contribution in [-0.2, 0) is 11.2 Å². The van der Waals surface area contributed by atoms with Crippen LogP contribution in [0.25, 0.3) is 0 Å². The van der Waals surface area contributed by atoms with Crippen molar-refractivity contribution in [3.05, 3.63) is 53.6 Å². The van der Waals surface area contributed by atoms with E-state index in [4.69, 9.17) is 9.47 Å². The molecule has 3 rings (SSSR count). The van der Waals surface area contributed by atoms with Gasteiger partial charge in [-0.1, -0.05) is 38.1 Å². The third kappa shape index (κ3) is 6.33. The Morgan fingerprint density at radius 2 is 1.66 bits per heavy atom. The molecule has 172 valence electrons. The Bertz CT molecular complexity index is 916. The van der Waals surface area contributed by atoms with Gasteiger partial charge in [-0.15, -0.1) is 0 Å². The smallest absolute Gasteiger partial charge is 0.238 e. The molecular formula is C26H34N2O4. The molecule has 1 amide bonds. The van der Waals surface area contributed by atoms with Crippen LogP contribution < -0.4 is 14.8 Å². The van der Waals surface area contributed by atoms with Gasteiger partial charge in [-0.05, 0) is 56.0 Å². The number of Topliss-reactive ketones (excluding diaryl/α,β-unsaturated/α-hetero) is 1. The molecule has 2 aromatic carbocycles. The third-order valence-corrected chi connectivity index (χ3v) is 5.88. The molecule has 1 saturated heterocycles. The van der Waals surface area contributed by atoms with Gasteiger partial charge < -0.3 is 14.8 Å². The van der Waals surface area contributed by atoms with Gasteiger partial charge in [0.1, 0.15) is 0 Å². The summed E-state index contributed by atoms with van der Waals surface area (Å²) in [6.45, 7) is 6.17. The lowest BCUT2D eigenvalue weighted by Crippen LogP contribution is -2.40. The normalized spacial score (nSPS) is 14.9. The van der Waals surface area contributed by atoms with Gasteiger partial charge in [0.05, 0.1) is 20.8 Å². The van der Waals surface area contributed by atoms with Crippen molar-refractivity contribution < 1.29 is 19.1 Å². The van der Waals surface area contributed by atoms with Gasteiger partial charge in [0.15, 0.2) is 17.3 Å². The van der Waals surface area contributed by atoms with Crippen LogP contribution in [0, 0.1) is 11.8 Å². The number of carbonyl (C=O) groups excluding carboxylic acids is 2. The predicted molar refractivity (Wildman–Crippen MR) is 127 cm³/mol. The van der Waals surface area contributed by atoms with Crippen molar-refractivity contribution in [1.82, 2.24) is 4.90 Å². The SMILES string of the molecule is COc1ccc(NC(=O)CN2CCC(C(=O)c3ccc(CC(C)C)cc3)CC2)cc1OC. The molecule has 1 fully saturated rings. The lowest BCUT2D eigenvalue weighted by atomic mass is 9.88. The minimum atomic E-state index is -0.0808. The number of piperidine rings is 1. The second-order valence-electron chi connectivity index (χ2n) is 8.83. The summed E-state index contributed by atoms with van der Waals surface area (Å²) in [5.74, 6) is 1.95. The summed E-state index contributed by atoms with van der Waals surface area (Å²) in [6, 6.07) is 13.4. The van der Waals surface area contributed by atoms with E-state index >= 15 is 0 Å². The molecule has 1 N–H and O–H groups in total. The highest BCUT2D eigenvalue weighted by Crippen LogP contribution is 2.30. The Kier molecular flexibility index (Phi) is 8.28. The molecule has 0 bridgehead atoms. The average Bonchev–Trinajstić information content (AvgIpc) is 2.79. The van der Waals surface area contributed by atoms with Gasteiger partial charge in [-0.3, -0.25) is 14.5 Å².